The molecule has 0 N–H and O–H groups in total. The van der Waals surface area contributed by atoms with Gasteiger partial charge in [0.25, 0.3) is 0 Å². The summed E-state index contributed by atoms with van der Waals surface area (Å²) in [5, 5.41) is 0. The summed E-state index contributed by atoms with van der Waals surface area (Å²) in [6.45, 7) is 1.54. The van der Waals surface area contributed by atoms with Crippen molar-refractivity contribution in [2.75, 3.05) is 6.66 Å². The maximum absolute atomic E-state index is 8.90. The van der Waals surface area contributed by atoms with E-state index in [9.17, 15) is 0 Å². The second-order valence-electron chi connectivity index (χ2n) is 2.52. The largest absolute Gasteiger partial charge is 0.275 e. The Kier molecular flexibility index (Phi) is 2.01. The summed E-state index contributed by atoms with van der Waals surface area (Å²) >= 11 is 0. The van der Waals surface area contributed by atoms with Crippen LogP contribution in [0.3, 0.4) is 0 Å². The van der Waals surface area contributed by atoms with Gasteiger partial charge in [-0.1, -0.05) is 0 Å². The second kappa shape index (κ2) is 2.59. The number of fused-ring (bicyclic) bond motifs is 1. The van der Waals surface area contributed by atoms with E-state index in [1.807, 2.05) is 0 Å². The molecule has 2 atom stereocenters. The fourth-order valence-electron chi connectivity index (χ4n) is 1.18. The predicted octanol–water partition coefficient (Wildman–Crippen LogP) is 2.32. The fraction of sp³-hybridized carbons (Fsp3) is 1.00. The van der Waals surface area contributed by atoms with Crippen LogP contribution < -0.4 is 0 Å². The van der Waals surface area contributed by atoms with E-state index in [1.165, 1.54) is 11.8 Å². The molecule has 2 unspecified atom stereocenters. The van der Waals surface area contributed by atoms with E-state index in [0.29, 0.717) is 0 Å². The van der Waals surface area contributed by atoms with E-state index >= 15 is 0 Å². The molecule has 2 rings (SSSR count). The van der Waals surface area contributed by atoms with Crippen LogP contribution in [-0.2, 0) is 4.57 Å². The molecule has 0 spiro atoms. The highest BCUT2D eigenvalue weighted by molar-refractivity contribution is 7.22. The molecular weight excluding hydrogens is 119 g/mol. The topological polar surface area (TPSA) is 17.1 Å². The first-order chi connectivity index (χ1) is 3.88. The quantitative estimate of drug-likeness (QED) is 0.460. The SMILES string of the molecule is C1CC2CC12.CP=O. The Morgan fingerprint density at radius 1 is 1.38 bits per heavy atom. The smallest absolute Gasteiger partial charge is 0.151 e. The minimum atomic E-state index is 0.167. The predicted molar refractivity (Wildman–Crippen MR) is 34.4 cm³/mol. The minimum absolute atomic E-state index is 0.167. The van der Waals surface area contributed by atoms with Crippen LogP contribution in [0.4, 0.5) is 0 Å². The zero-order valence-electron chi connectivity index (χ0n) is 5.13. The number of hydrogen-bond donors (Lipinski definition) is 0. The summed E-state index contributed by atoms with van der Waals surface area (Å²) in [4.78, 5) is 0. The van der Waals surface area contributed by atoms with E-state index in [2.05, 4.69) is 0 Å². The van der Waals surface area contributed by atoms with E-state index in [0.717, 1.165) is 0 Å². The maximum Gasteiger partial charge on any atom is 0.151 e. The highest BCUT2D eigenvalue weighted by Crippen LogP contribution is 2.55. The number of hydrogen-bond acceptors (Lipinski definition) is 1. The molecule has 46 valence electrons. The van der Waals surface area contributed by atoms with Crippen molar-refractivity contribution in [1.29, 1.82) is 0 Å². The highest BCUT2D eigenvalue weighted by Gasteiger charge is 2.44. The van der Waals surface area contributed by atoms with Crippen molar-refractivity contribution < 1.29 is 4.57 Å². The van der Waals surface area contributed by atoms with Crippen LogP contribution >= 0.6 is 8.46 Å². The van der Waals surface area contributed by atoms with Gasteiger partial charge >= 0.3 is 0 Å². The maximum atomic E-state index is 8.90. The molecule has 0 amide bonds. The summed E-state index contributed by atoms with van der Waals surface area (Å²) in [7, 11) is 0.167. The molecule has 0 bridgehead atoms. The third kappa shape index (κ3) is 1.29. The Bertz CT molecular complexity index is 80.5. The van der Waals surface area contributed by atoms with Gasteiger partial charge in [-0.15, -0.1) is 0 Å². The Morgan fingerprint density at radius 2 is 1.75 bits per heavy atom. The normalized spacial score (nSPS) is 38.6. The minimum Gasteiger partial charge on any atom is -0.275 e. The van der Waals surface area contributed by atoms with Crippen LogP contribution in [0.2, 0.25) is 0 Å². The summed E-state index contributed by atoms with van der Waals surface area (Å²) in [5.41, 5.74) is 0. The van der Waals surface area contributed by atoms with E-state index < -0.39 is 0 Å². The Hall–Kier alpha value is 0.100. The Balaban J connectivity index is 0.0000000960. The van der Waals surface area contributed by atoms with Gasteiger partial charge in [-0.05, 0) is 31.1 Å². The van der Waals surface area contributed by atoms with Crippen LogP contribution in [0, 0.1) is 11.8 Å². The molecule has 0 radical (unpaired) electrons. The third-order valence-electron chi connectivity index (χ3n) is 1.98. The molecule has 8 heavy (non-hydrogen) atoms. The molecule has 0 aromatic heterocycles. The lowest BCUT2D eigenvalue weighted by Crippen LogP contribution is -1.93. The molecule has 2 aliphatic rings. The van der Waals surface area contributed by atoms with Crippen molar-refractivity contribution >= 4 is 8.46 Å². The van der Waals surface area contributed by atoms with Gasteiger partial charge in [0.2, 0.25) is 0 Å². The first-order valence-electron chi connectivity index (χ1n) is 3.10. The molecule has 0 aromatic rings. The fourth-order valence-corrected chi connectivity index (χ4v) is 1.18. The van der Waals surface area contributed by atoms with Crippen molar-refractivity contribution in [2.45, 2.75) is 19.3 Å². The molecule has 0 saturated heterocycles. The molecule has 2 fully saturated rings. The van der Waals surface area contributed by atoms with E-state index in [1.54, 1.807) is 25.9 Å². The van der Waals surface area contributed by atoms with Crippen LogP contribution in [0.25, 0.3) is 0 Å². The molecule has 2 heteroatoms. The van der Waals surface area contributed by atoms with Crippen molar-refractivity contribution in [3.05, 3.63) is 0 Å². The van der Waals surface area contributed by atoms with Crippen molar-refractivity contribution in [2.24, 2.45) is 11.8 Å². The summed E-state index contributed by atoms with van der Waals surface area (Å²) in [6.07, 6.45) is 4.70. The van der Waals surface area contributed by atoms with Gasteiger partial charge in [0.1, 0.15) is 0 Å². The molecule has 1 nitrogen and oxygen atoms in total. The van der Waals surface area contributed by atoms with Gasteiger partial charge in [0.05, 0.1) is 0 Å². The molecular formula is C6H11OP. The van der Waals surface area contributed by atoms with Crippen LogP contribution in [-0.4, -0.2) is 6.66 Å². The molecule has 0 heterocycles. The zero-order valence-corrected chi connectivity index (χ0v) is 6.03. The first-order valence-corrected chi connectivity index (χ1v) is 4.36. The molecule has 2 aliphatic carbocycles. The number of rotatable bonds is 0. The average Bonchev–Trinajstić information content (AvgIpc) is 2.16. The highest BCUT2D eigenvalue weighted by atomic mass is 31.1. The lowest BCUT2D eigenvalue weighted by Gasteiger charge is -2.04. The summed E-state index contributed by atoms with van der Waals surface area (Å²) in [5.74, 6) is 2.46. The standard InChI is InChI=1S/C5H8.CH3OP/c1-2-5-3-4(1)5;1-3-2/h4-5H,1-3H2;1H3. The van der Waals surface area contributed by atoms with Gasteiger partial charge < -0.3 is 0 Å². The first kappa shape index (κ1) is 6.22. The Labute approximate surface area is 51.7 Å². The van der Waals surface area contributed by atoms with Gasteiger partial charge in [0, 0.05) is 6.66 Å². The lowest BCUT2D eigenvalue weighted by atomic mass is 10.0. The molecule has 0 aromatic carbocycles. The Morgan fingerprint density at radius 3 is 1.75 bits per heavy atom. The van der Waals surface area contributed by atoms with Crippen molar-refractivity contribution in [3.63, 3.8) is 0 Å². The summed E-state index contributed by atoms with van der Waals surface area (Å²) < 4.78 is 8.90. The van der Waals surface area contributed by atoms with Crippen LogP contribution in [0.15, 0.2) is 0 Å². The van der Waals surface area contributed by atoms with Gasteiger partial charge in [0.15, 0.2) is 8.46 Å². The van der Waals surface area contributed by atoms with Crippen molar-refractivity contribution in [1.82, 2.24) is 0 Å². The zero-order chi connectivity index (χ0) is 5.98. The lowest BCUT2D eigenvalue weighted by molar-refractivity contribution is 0.468. The molecule has 2 saturated carbocycles. The third-order valence-corrected chi connectivity index (χ3v) is 1.98. The van der Waals surface area contributed by atoms with Crippen molar-refractivity contribution in [3.8, 4) is 0 Å². The average molecular weight is 130 g/mol. The van der Waals surface area contributed by atoms with E-state index in [-0.39, 0.29) is 8.46 Å². The van der Waals surface area contributed by atoms with Gasteiger partial charge in [-0.3, -0.25) is 4.57 Å². The van der Waals surface area contributed by atoms with Gasteiger partial charge in [-0.2, -0.15) is 0 Å². The molecule has 0 aliphatic heterocycles. The van der Waals surface area contributed by atoms with Crippen LogP contribution in [0.5, 0.6) is 0 Å². The van der Waals surface area contributed by atoms with Crippen LogP contribution in [0.1, 0.15) is 19.3 Å². The summed E-state index contributed by atoms with van der Waals surface area (Å²) in [6, 6.07) is 0. The van der Waals surface area contributed by atoms with E-state index in [4.69, 9.17) is 4.57 Å². The van der Waals surface area contributed by atoms with Gasteiger partial charge in [-0.25, -0.2) is 0 Å². The second-order valence-corrected chi connectivity index (χ2v) is 2.88. The monoisotopic (exact) mass is 130 g/mol.